The van der Waals surface area contributed by atoms with E-state index < -0.39 is 52.7 Å². The second kappa shape index (κ2) is 9.33. The van der Waals surface area contributed by atoms with E-state index in [-0.39, 0.29) is 24.3 Å². The van der Waals surface area contributed by atoms with Crippen molar-refractivity contribution in [3.8, 4) is 0 Å². The summed E-state index contributed by atoms with van der Waals surface area (Å²) in [5.41, 5.74) is -1.51. The molecule has 1 aliphatic heterocycles. The van der Waals surface area contributed by atoms with Crippen LogP contribution in [0, 0.1) is 15.5 Å². The molecule has 1 fully saturated rings. The van der Waals surface area contributed by atoms with Crippen LogP contribution in [0.3, 0.4) is 0 Å². The average Bonchev–Trinajstić information content (AvgIpc) is 3.09. The van der Waals surface area contributed by atoms with E-state index in [0.717, 1.165) is 4.57 Å². The summed E-state index contributed by atoms with van der Waals surface area (Å²) in [6.07, 6.45) is -2.00. The SMILES string of the molecule is CC(C)(C)[C@H](OCc1cn([C@H]2C[C@H](O)[C@@H](CO)O2)c(=O)[nH]c1=O)c1ccccc1[N+](=O)[O-]. The van der Waals surface area contributed by atoms with Gasteiger partial charge in [0.2, 0.25) is 0 Å². The van der Waals surface area contributed by atoms with Crippen molar-refractivity contribution < 1.29 is 24.6 Å². The molecule has 0 spiro atoms. The molecular formula is C21H27N3O8. The van der Waals surface area contributed by atoms with Crippen molar-refractivity contribution >= 4 is 5.69 Å². The van der Waals surface area contributed by atoms with E-state index in [1.165, 1.54) is 12.3 Å². The first-order chi connectivity index (χ1) is 15.0. The molecule has 1 aromatic carbocycles. The third-order valence-electron chi connectivity index (χ3n) is 5.34. The number of rotatable bonds is 7. The Hall–Kier alpha value is -2.86. The quantitative estimate of drug-likeness (QED) is 0.423. The highest BCUT2D eigenvalue weighted by molar-refractivity contribution is 5.42. The van der Waals surface area contributed by atoms with Crippen LogP contribution >= 0.6 is 0 Å². The van der Waals surface area contributed by atoms with Crippen molar-refractivity contribution in [2.45, 2.75) is 58.3 Å². The molecule has 1 aliphatic rings. The van der Waals surface area contributed by atoms with Crippen LogP contribution in [-0.4, -0.2) is 43.5 Å². The van der Waals surface area contributed by atoms with Crippen molar-refractivity contribution in [2.24, 2.45) is 5.41 Å². The highest BCUT2D eigenvalue weighted by atomic mass is 16.6. The van der Waals surface area contributed by atoms with Crippen molar-refractivity contribution in [1.82, 2.24) is 9.55 Å². The van der Waals surface area contributed by atoms with Gasteiger partial charge in [0.25, 0.3) is 11.2 Å². The Bertz CT molecular complexity index is 1090. The number of nitro benzene ring substituents is 1. The minimum Gasteiger partial charge on any atom is -0.394 e. The standard InChI is InChI=1S/C21H27N3O8/c1-21(2,3)18(13-6-4-5-7-14(13)24(29)30)31-11-12-9-23(20(28)22-19(12)27)17-8-15(26)16(10-25)32-17/h4-7,9,15-18,25-26H,8,10-11H2,1-3H3,(H,22,27,28)/t15-,16+,17+,18+/m0/s1. The zero-order valence-electron chi connectivity index (χ0n) is 18.1. The zero-order chi connectivity index (χ0) is 23.6. The number of nitrogens with one attached hydrogen (secondary N) is 1. The molecule has 0 radical (unpaired) electrons. The summed E-state index contributed by atoms with van der Waals surface area (Å²) in [6, 6.07) is 6.25. The number of aliphatic hydroxyl groups excluding tert-OH is 2. The Balaban J connectivity index is 1.90. The summed E-state index contributed by atoms with van der Waals surface area (Å²) in [6.45, 7) is 4.96. The van der Waals surface area contributed by atoms with Gasteiger partial charge in [-0.25, -0.2) is 4.79 Å². The molecule has 4 atom stereocenters. The number of aliphatic hydroxyl groups is 2. The van der Waals surface area contributed by atoms with Gasteiger partial charge in [0.05, 0.1) is 41.5 Å². The van der Waals surface area contributed by atoms with Crippen LogP contribution in [0.5, 0.6) is 0 Å². The maximum absolute atomic E-state index is 12.4. The van der Waals surface area contributed by atoms with Crippen molar-refractivity contribution in [2.75, 3.05) is 6.61 Å². The Labute approximate surface area is 183 Å². The molecule has 1 saturated heterocycles. The fraction of sp³-hybridized carbons (Fsp3) is 0.524. The van der Waals surface area contributed by atoms with Gasteiger partial charge in [-0.1, -0.05) is 32.9 Å². The number of aromatic nitrogens is 2. The molecule has 11 nitrogen and oxygen atoms in total. The molecule has 0 saturated carbocycles. The monoisotopic (exact) mass is 449 g/mol. The Kier molecular flexibility index (Phi) is 6.94. The molecular weight excluding hydrogens is 422 g/mol. The number of benzene rings is 1. The number of para-hydroxylation sites is 1. The minimum absolute atomic E-state index is 0.0678. The van der Waals surface area contributed by atoms with Gasteiger partial charge in [0.1, 0.15) is 12.3 Å². The maximum atomic E-state index is 12.4. The van der Waals surface area contributed by atoms with E-state index in [1.54, 1.807) is 18.2 Å². The van der Waals surface area contributed by atoms with Gasteiger partial charge < -0.3 is 19.7 Å². The highest BCUT2D eigenvalue weighted by Gasteiger charge is 2.36. The van der Waals surface area contributed by atoms with Gasteiger partial charge in [-0.15, -0.1) is 0 Å². The molecule has 3 N–H and O–H groups in total. The fourth-order valence-corrected chi connectivity index (χ4v) is 3.75. The second-order valence-electron chi connectivity index (χ2n) is 8.81. The molecule has 174 valence electrons. The fourth-order valence-electron chi connectivity index (χ4n) is 3.75. The normalized spacial score (nSPS) is 22.1. The first kappa shape index (κ1) is 23.8. The van der Waals surface area contributed by atoms with Crippen molar-refractivity contribution in [1.29, 1.82) is 0 Å². The van der Waals surface area contributed by atoms with E-state index in [2.05, 4.69) is 4.98 Å². The summed E-state index contributed by atoms with van der Waals surface area (Å²) < 4.78 is 12.6. The van der Waals surface area contributed by atoms with E-state index in [9.17, 15) is 29.9 Å². The molecule has 2 aromatic rings. The lowest BCUT2D eigenvalue weighted by molar-refractivity contribution is -0.386. The maximum Gasteiger partial charge on any atom is 0.330 e. The van der Waals surface area contributed by atoms with Gasteiger partial charge in [0, 0.05) is 18.7 Å². The number of hydrogen-bond acceptors (Lipinski definition) is 8. The van der Waals surface area contributed by atoms with E-state index in [1.807, 2.05) is 20.8 Å². The number of nitrogens with zero attached hydrogens (tertiary/aromatic N) is 2. The first-order valence-electron chi connectivity index (χ1n) is 10.2. The average molecular weight is 449 g/mol. The van der Waals surface area contributed by atoms with Gasteiger partial charge in [-0.3, -0.25) is 24.5 Å². The molecule has 0 bridgehead atoms. The zero-order valence-corrected chi connectivity index (χ0v) is 18.1. The van der Waals surface area contributed by atoms with Crippen molar-refractivity contribution in [3.63, 3.8) is 0 Å². The molecule has 2 heterocycles. The number of ether oxygens (including phenoxy) is 2. The number of aromatic amines is 1. The number of nitro groups is 1. The van der Waals surface area contributed by atoms with Gasteiger partial charge in [-0.2, -0.15) is 0 Å². The van der Waals surface area contributed by atoms with Gasteiger partial charge in [-0.05, 0) is 11.5 Å². The highest BCUT2D eigenvalue weighted by Crippen LogP contribution is 2.40. The molecule has 0 amide bonds. The lowest BCUT2D eigenvalue weighted by Crippen LogP contribution is -2.35. The van der Waals surface area contributed by atoms with Gasteiger partial charge >= 0.3 is 5.69 Å². The third kappa shape index (κ3) is 4.96. The molecule has 3 rings (SSSR count). The minimum atomic E-state index is -0.951. The summed E-state index contributed by atoms with van der Waals surface area (Å²) >= 11 is 0. The molecule has 11 heteroatoms. The lowest BCUT2D eigenvalue weighted by Gasteiger charge is -2.30. The van der Waals surface area contributed by atoms with E-state index in [0.29, 0.717) is 5.56 Å². The molecule has 32 heavy (non-hydrogen) atoms. The largest absolute Gasteiger partial charge is 0.394 e. The van der Waals surface area contributed by atoms with Crippen LogP contribution in [0.2, 0.25) is 0 Å². The molecule has 1 aromatic heterocycles. The summed E-state index contributed by atoms with van der Waals surface area (Å²) in [4.78, 5) is 37.9. The Morgan fingerprint density at radius 3 is 2.62 bits per heavy atom. The molecule has 0 unspecified atom stereocenters. The third-order valence-corrected chi connectivity index (χ3v) is 5.34. The number of H-pyrrole nitrogens is 1. The van der Waals surface area contributed by atoms with Gasteiger partial charge in [0.15, 0.2) is 0 Å². The van der Waals surface area contributed by atoms with E-state index >= 15 is 0 Å². The van der Waals surface area contributed by atoms with Crippen LogP contribution in [0.15, 0.2) is 40.1 Å². The predicted octanol–water partition coefficient (Wildman–Crippen LogP) is 1.39. The van der Waals surface area contributed by atoms with Crippen LogP contribution < -0.4 is 11.2 Å². The summed E-state index contributed by atoms with van der Waals surface area (Å²) in [5, 5.41) is 30.7. The molecule has 0 aliphatic carbocycles. The second-order valence-corrected chi connectivity index (χ2v) is 8.81. The number of hydrogen-bond donors (Lipinski definition) is 3. The van der Waals surface area contributed by atoms with Crippen molar-refractivity contribution in [3.05, 3.63) is 72.5 Å². The summed E-state index contributed by atoms with van der Waals surface area (Å²) in [5.74, 6) is 0. The van der Waals surface area contributed by atoms with E-state index in [4.69, 9.17) is 9.47 Å². The lowest BCUT2D eigenvalue weighted by atomic mass is 9.84. The summed E-state index contributed by atoms with van der Waals surface area (Å²) in [7, 11) is 0. The van der Waals surface area contributed by atoms with Crippen LogP contribution in [0.4, 0.5) is 5.69 Å². The Morgan fingerprint density at radius 1 is 1.34 bits per heavy atom. The van der Waals surface area contributed by atoms with Crippen LogP contribution in [0.1, 0.15) is 50.7 Å². The first-order valence-corrected chi connectivity index (χ1v) is 10.2. The predicted molar refractivity (Wildman–Crippen MR) is 113 cm³/mol. The van der Waals surface area contributed by atoms with Crippen LogP contribution in [0.25, 0.3) is 0 Å². The topological polar surface area (TPSA) is 157 Å². The van der Waals surface area contributed by atoms with Crippen LogP contribution in [-0.2, 0) is 16.1 Å². The smallest absolute Gasteiger partial charge is 0.330 e. The Morgan fingerprint density at radius 2 is 2.03 bits per heavy atom.